The van der Waals surface area contributed by atoms with Gasteiger partial charge in [0, 0.05) is 21.5 Å². The highest BCUT2D eigenvalue weighted by Gasteiger charge is 2.42. The second kappa shape index (κ2) is 8.80. The predicted octanol–water partition coefficient (Wildman–Crippen LogP) is 3.91. The number of hydrogen-bond acceptors (Lipinski definition) is 7. The molecule has 166 valence electrons. The zero-order valence-corrected chi connectivity index (χ0v) is 19.3. The number of thiophene rings is 1. The van der Waals surface area contributed by atoms with Crippen LogP contribution >= 0.6 is 11.3 Å². The van der Waals surface area contributed by atoms with Crippen molar-refractivity contribution in [3.05, 3.63) is 45.8 Å². The van der Waals surface area contributed by atoms with E-state index in [4.69, 9.17) is 9.47 Å². The predicted molar refractivity (Wildman–Crippen MR) is 120 cm³/mol. The molecule has 0 fully saturated rings. The number of hydrogen-bond donors (Lipinski definition) is 2. The van der Waals surface area contributed by atoms with Crippen LogP contribution in [0.5, 0.6) is 5.75 Å². The zero-order valence-electron chi connectivity index (χ0n) is 18.5. The van der Waals surface area contributed by atoms with Gasteiger partial charge in [0.15, 0.2) is 6.61 Å². The van der Waals surface area contributed by atoms with Crippen LogP contribution in [0, 0.1) is 0 Å². The molecule has 1 aliphatic heterocycles. The largest absolute Gasteiger partial charge is 0.484 e. The molecular weight excluding hydrogens is 416 g/mol. The summed E-state index contributed by atoms with van der Waals surface area (Å²) in [5, 5.41) is 6.91. The lowest BCUT2D eigenvalue weighted by Gasteiger charge is -2.42. The third kappa shape index (κ3) is 5.14. The van der Waals surface area contributed by atoms with E-state index >= 15 is 0 Å². The van der Waals surface area contributed by atoms with Crippen LogP contribution in [0.2, 0.25) is 0 Å². The van der Waals surface area contributed by atoms with E-state index in [1.807, 2.05) is 0 Å². The third-order valence-electron chi connectivity index (χ3n) is 4.96. The summed E-state index contributed by atoms with van der Waals surface area (Å²) < 4.78 is 10.8. The normalized spacial score (nSPS) is 16.2. The van der Waals surface area contributed by atoms with Crippen molar-refractivity contribution < 1.29 is 23.9 Å². The van der Waals surface area contributed by atoms with Gasteiger partial charge in [-0.1, -0.05) is 0 Å². The Kier molecular flexibility index (Phi) is 6.52. The zero-order chi connectivity index (χ0) is 22.8. The van der Waals surface area contributed by atoms with Gasteiger partial charge in [0.1, 0.15) is 17.0 Å². The molecule has 1 aliphatic rings. The Morgan fingerprint density at radius 2 is 1.87 bits per heavy atom. The SMILES string of the molecule is CCOC(=O)c1c(NC(=O)COc2ccc(C=O)cc2)sc2c1CC(C)(C)NC2(C)C. The standard InChI is InChI=1S/C23H28N2O5S/c1-6-29-21(28)18-16-11-22(2,3)25-23(4,5)19(16)31-20(18)24-17(27)13-30-15-9-7-14(12-26)8-10-15/h7-10,12,25H,6,11,13H2,1-5H3,(H,24,27). The van der Waals surface area contributed by atoms with Crippen molar-refractivity contribution in [2.45, 2.75) is 52.1 Å². The molecule has 2 heterocycles. The fourth-order valence-corrected chi connectivity index (χ4v) is 5.27. The molecule has 0 radical (unpaired) electrons. The van der Waals surface area contributed by atoms with Gasteiger partial charge in [0.25, 0.3) is 5.91 Å². The highest BCUT2D eigenvalue weighted by Crippen LogP contribution is 2.45. The van der Waals surface area contributed by atoms with Crippen LogP contribution in [-0.4, -0.2) is 36.9 Å². The Morgan fingerprint density at radius 3 is 2.48 bits per heavy atom. The molecular formula is C23H28N2O5S. The third-order valence-corrected chi connectivity index (χ3v) is 6.43. The van der Waals surface area contributed by atoms with Gasteiger partial charge < -0.3 is 20.1 Å². The molecule has 0 saturated carbocycles. The molecule has 1 aromatic carbocycles. The van der Waals surface area contributed by atoms with Crippen molar-refractivity contribution >= 4 is 34.5 Å². The van der Waals surface area contributed by atoms with Gasteiger partial charge >= 0.3 is 5.97 Å². The summed E-state index contributed by atoms with van der Waals surface area (Å²) in [6.07, 6.45) is 1.38. The maximum atomic E-state index is 12.8. The Balaban J connectivity index is 1.84. The number of nitrogens with one attached hydrogen (secondary N) is 2. The molecule has 1 amide bonds. The summed E-state index contributed by atoms with van der Waals surface area (Å²) in [6.45, 7) is 10.1. The van der Waals surface area contributed by atoms with E-state index in [9.17, 15) is 14.4 Å². The minimum atomic E-state index is -0.436. The van der Waals surface area contributed by atoms with Crippen LogP contribution in [-0.2, 0) is 21.5 Å². The van der Waals surface area contributed by atoms with Crippen molar-refractivity contribution in [3.8, 4) is 5.75 Å². The van der Waals surface area contributed by atoms with E-state index in [0.717, 1.165) is 16.7 Å². The van der Waals surface area contributed by atoms with Crippen LogP contribution < -0.4 is 15.4 Å². The van der Waals surface area contributed by atoms with Gasteiger partial charge in [0.05, 0.1) is 12.2 Å². The summed E-state index contributed by atoms with van der Waals surface area (Å²) in [5.41, 5.74) is 1.30. The summed E-state index contributed by atoms with van der Waals surface area (Å²) in [5.74, 6) is -0.341. The highest BCUT2D eigenvalue weighted by molar-refractivity contribution is 7.17. The molecule has 0 spiro atoms. The number of ether oxygens (including phenoxy) is 2. The van der Waals surface area contributed by atoms with Crippen LogP contribution in [0.15, 0.2) is 24.3 Å². The first-order valence-electron chi connectivity index (χ1n) is 10.2. The van der Waals surface area contributed by atoms with Crippen LogP contribution in [0.4, 0.5) is 5.00 Å². The maximum absolute atomic E-state index is 12.8. The fourth-order valence-electron chi connectivity index (χ4n) is 3.99. The van der Waals surface area contributed by atoms with E-state index in [0.29, 0.717) is 28.3 Å². The molecule has 7 nitrogen and oxygen atoms in total. The first kappa shape index (κ1) is 23.0. The average molecular weight is 445 g/mol. The van der Waals surface area contributed by atoms with E-state index < -0.39 is 5.97 Å². The van der Waals surface area contributed by atoms with Gasteiger partial charge in [-0.2, -0.15) is 0 Å². The number of aldehydes is 1. The molecule has 0 bridgehead atoms. The summed E-state index contributed by atoms with van der Waals surface area (Å²) in [7, 11) is 0. The number of fused-ring (bicyclic) bond motifs is 1. The molecule has 2 aromatic rings. The van der Waals surface area contributed by atoms with Crippen LogP contribution in [0.3, 0.4) is 0 Å². The monoisotopic (exact) mass is 444 g/mol. The summed E-state index contributed by atoms with van der Waals surface area (Å²) in [4.78, 5) is 37.1. The van der Waals surface area contributed by atoms with Crippen molar-refractivity contribution in [1.29, 1.82) is 0 Å². The van der Waals surface area contributed by atoms with Gasteiger partial charge in [-0.05, 0) is 70.9 Å². The molecule has 1 aromatic heterocycles. The minimum absolute atomic E-state index is 0.211. The van der Waals surface area contributed by atoms with Crippen molar-refractivity contribution in [2.24, 2.45) is 0 Å². The first-order chi connectivity index (χ1) is 14.6. The second-order valence-corrected chi connectivity index (χ2v) is 9.69. The van der Waals surface area contributed by atoms with Gasteiger partial charge in [0.2, 0.25) is 0 Å². The van der Waals surface area contributed by atoms with Gasteiger partial charge in [-0.25, -0.2) is 4.79 Å². The van der Waals surface area contributed by atoms with Gasteiger partial charge in [-0.15, -0.1) is 11.3 Å². The molecule has 2 N–H and O–H groups in total. The molecule has 0 atom stereocenters. The molecule has 3 rings (SSSR count). The van der Waals surface area contributed by atoms with E-state index in [2.05, 4.69) is 38.3 Å². The molecule has 0 aliphatic carbocycles. The summed E-state index contributed by atoms with van der Waals surface area (Å²) in [6, 6.07) is 6.48. The number of anilines is 1. The number of esters is 1. The number of amides is 1. The fraction of sp³-hybridized carbons (Fsp3) is 0.435. The number of benzene rings is 1. The Labute approximate surface area is 186 Å². The summed E-state index contributed by atoms with van der Waals surface area (Å²) >= 11 is 1.39. The van der Waals surface area contributed by atoms with Crippen molar-refractivity contribution in [3.63, 3.8) is 0 Å². The lowest BCUT2D eigenvalue weighted by Crippen LogP contribution is -2.55. The number of carbonyl (C=O) groups is 3. The first-order valence-corrected chi connectivity index (χ1v) is 11.0. The Morgan fingerprint density at radius 1 is 1.19 bits per heavy atom. The van der Waals surface area contributed by atoms with Crippen LogP contribution in [0.1, 0.15) is 65.8 Å². The Hall–Kier alpha value is -2.71. The quantitative estimate of drug-likeness (QED) is 0.497. The second-order valence-electron chi connectivity index (χ2n) is 8.67. The highest BCUT2D eigenvalue weighted by atomic mass is 32.1. The van der Waals surface area contributed by atoms with E-state index in [-0.39, 0.29) is 30.2 Å². The molecule has 8 heteroatoms. The number of carbonyl (C=O) groups excluding carboxylic acids is 3. The lowest BCUT2D eigenvalue weighted by atomic mass is 9.81. The minimum Gasteiger partial charge on any atom is -0.484 e. The van der Waals surface area contributed by atoms with Gasteiger partial charge in [-0.3, -0.25) is 9.59 Å². The van der Waals surface area contributed by atoms with Crippen molar-refractivity contribution in [2.75, 3.05) is 18.5 Å². The average Bonchev–Trinajstić information content (AvgIpc) is 3.04. The van der Waals surface area contributed by atoms with E-state index in [1.54, 1.807) is 31.2 Å². The lowest BCUT2D eigenvalue weighted by molar-refractivity contribution is -0.118. The molecule has 0 unspecified atom stereocenters. The van der Waals surface area contributed by atoms with Crippen LogP contribution in [0.25, 0.3) is 0 Å². The maximum Gasteiger partial charge on any atom is 0.341 e. The molecule has 31 heavy (non-hydrogen) atoms. The Bertz CT molecular complexity index is 992. The number of rotatable bonds is 7. The van der Waals surface area contributed by atoms with Crippen molar-refractivity contribution in [1.82, 2.24) is 5.32 Å². The smallest absolute Gasteiger partial charge is 0.341 e. The molecule has 0 saturated heterocycles. The topological polar surface area (TPSA) is 93.7 Å². The van der Waals surface area contributed by atoms with E-state index in [1.165, 1.54) is 11.3 Å².